The van der Waals surface area contributed by atoms with E-state index >= 15 is 0 Å². The molecule has 0 spiro atoms. The number of ether oxygens (including phenoxy) is 1. The molecule has 0 saturated heterocycles. The lowest BCUT2D eigenvalue weighted by atomic mass is 10.0. The minimum atomic E-state index is -0.911. The van der Waals surface area contributed by atoms with Gasteiger partial charge in [-0.25, -0.2) is 4.79 Å². The predicted molar refractivity (Wildman–Crippen MR) is 87.4 cm³/mol. The number of nitrogens with one attached hydrogen (secondary N) is 2. The smallest absolute Gasteiger partial charge is 0.396 e. The SMILES string of the molecule is CCOC(=O)C(=O)NCCc1cc2cc(C)c(C)cc2[nH]c1=O. The van der Waals surface area contributed by atoms with Gasteiger partial charge >= 0.3 is 11.9 Å². The molecule has 0 fully saturated rings. The monoisotopic (exact) mass is 316 g/mol. The molecule has 0 atom stereocenters. The molecular formula is C17H20N2O4. The zero-order valence-electron chi connectivity index (χ0n) is 13.5. The van der Waals surface area contributed by atoms with Crippen LogP contribution in [0.3, 0.4) is 0 Å². The van der Waals surface area contributed by atoms with Crippen LogP contribution in [0.25, 0.3) is 10.9 Å². The Kier molecular flexibility index (Phi) is 5.16. The molecule has 1 aromatic heterocycles. The number of amides is 1. The highest BCUT2D eigenvalue weighted by atomic mass is 16.5. The van der Waals surface area contributed by atoms with E-state index < -0.39 is 11.9 Å². The number of benzene rings is 1. The average Bonchev–Trinajstić information content (AvgIpc) is 2.50. The molecule has 2 aromatic rings. The third-order valence-electron chi connectivity index (χ3n) is 3.68. The van der Waals surface area contributed by atoms with E-state index in [4.69, 9.17) is 0 Å². The van der Waals surface area contributed by atoms with Gasteiger partial charge in [0, 0.05) is 17.6 Å². The third-order valence-corrected chi connectivity index (χ3v) is 3.68. The molecule has 0 aliphatic carbocycles. The number of pyridine rings is 1. The van der Waals surface area contributed by atoms with Crippen molar-refractivity contribution in [1.82, 2.24) is 10.3 Å². The molecule has 1 aromatic carbocycles. The zero-order chi connectivity index (χ0) is 17.0. The number of hydrogen-bond acceptors (Lipinski definition) is 4. The van der Waals surface area contributed by atoms with Gasteiger partial charge in [-0.3, -0.25) is 9.59 Å². The van der Waals surface area contributed by atoms with Gasteiger partial charge in [-0.2, -0.15) is 0 Å². The first kappa shape index (κ1) is 16.7. The number of fused-ring (bicyclic) bond motifs is 1. The molecule has 1 heterocycles. The fourth-order valence-electron chi connectivity index (χ4n) is 2.29. The topological polar surface area (TPSA) is 88.3 Å². The van der Waals surface area contributed by atoms with Crippen molar-refractivity contribution in [1.29, 1.82) is 0 Å². The van der Waals surface area contributed by atoms with Crippen LogP contribution in [0.5, 0.6) is 0 Å². The Balaban J connectivity index is 2.10. The fourth-order valence-corrected chi connectivity index (χ4v) is 2.29. The van der Waals surface area contributed by atoms with Gasteiger partial charge < -0.3 is 15.0 Å². The molecule has 0 saturated carbocycles. The minimum absolute atomic E-state index is 0.148. The highest BCUT2D eigenvalue weighted by Gasteiger charge is 2.14. The van der Waals surface area contributed by atoms with Gasteiger partial charge in [-0.15, -0.1) is 0 Å². The average molecular weight is 316 g/mol. The predicted octanol–water partition coefficient (Wildman–Crippen LogP) is 1.37. The van der Waals surface area contributed by atoms with Crippen LogP contribution in [-0.4, -0.2) is 30.0 Å². The Morgan fingerprint density at radius 1 is 1.17 bits per heavy atom. The molecule has 122 valence electrons. The second-order valence-corrected chi connectivity index (χ2v) is 5.37. The second-order valence-electron chi connectivity index (χ2n) is 5.37. The maximum absolute atomic E-state index is 12.1. The molecule has 2 rings (SSSR count). The number of carbonyl (C=O) groups is 2. The van der Waals surface area contributed by atoms with Crippen LogP contribution in [0.1, 0.15) is 23.6 Å². The Labute approximate surface area is 133 Å². The summed E-state index contributed by atoms with van der Waals surface area (Å²) in [5.41, 5.74) is 3.42. The van der Waals surface area contributed by atoms with Crippen molar-refractivity contribution < 1.29 is 14.3 Å². The number of aromatic nitrogens is 1. The Hall–Kier alpha value is -2.63. The first-order chi connectivity index (χ1) is 10.9. The van der Waals surface area contributed by atoms with Crippen molar-refractivity contribution in [3.63, 3.8) is 0 Å². The number of aryl methyl sites for hydroxylation is 2. The van der Waals surface area contributed by atoms with Crippen molar-refractivity contribution in [2.45, 2.75) is 27.2 Å². The van der Waals surface area contributed by atoms with Gasteiger partial charge in [0.15, 0.2) is 0 Å². The standard InChI is InChI=1S/C17H20N2O4/c1-4-23-17(22)16(21)18-6-5-12-9-13-7-10(2)11(3)8-14(13)19-15(12)20/h7-9H,4-6H2,1-3H3,(H,18,21)(H,19,20). The van der Waals surface area contributed by atoms with E-state index in [0.29, 0.717) is 12.0 Å². The number of carbonyl (C=O) groups excluding carboxylic acids is 2. The summed E-state index contributed by atoms with van der Waals surface area (Å²) in [5, 5.41) is 3.39. The summed E-state index contributed by atoms with van der Waals surface area (Å²) in [6.07, 6.45) is 0.337. The summed E-state index contributed by atoms with van der Waals surface area (Å²) < 4.78 is 4.59. The molecule has 6 nitrogen and oxygen atoms in total. The van der Waals surface area contributed by atoms with E-state index in [-0.39, 0.29) is 18.7 Å². The van der Waals surface area contributed by atoms with Crippen molar-refractivity contribution in [3.8, 4) is 0 Å². The summed E-state index contributed by atoms with van der Waals surface area (Å²) in [6.45, 7) is 5.97. The molecule has 0 aliphatic heterocycles. The molecule has 0 aliphatic rings. The maximum atomic E-state index is 12.1. The highest BCUT2D eigenvalue weighted by molar-refractivity contribution is 6.32. The number of aromatic amines is 1. The van der Waals surface area contributed by atoms with Gasteiger partial charge in [0.25, 0.3) is 5.56 Å². The van der Waals surface area contributed by atoms with Crippen LogP contribution < -0.4 is 10.9 Å². The Morgan fingerprint density at radius 2 is 1.87 bits per heavy atom. The molecule has 6 heteroatoms. The van der Waals surface area contributed by atoms with Gasteiger partial charge in [0.1, 0.15) is 0 Å². The largest absolute Gasteiger partial charge is 0.459 e. The van der Waals surface area contributed by atoms with Gasteiger partial charge in [-0.05, 0) is 61.9 Å². The summed E-state index contributed by atoms with van der Waals surface area (Å²) in [4.78, 5) is 37.6. The van der Waals surface area contributed by atoms with Crippen LogP contribution >= 0.6 is 0 Å². The molecule has 0 unspecified atom stereocenters. The Morgan fingerprint density at radius 3 is 2.57 bits per heavy atom. The van der Waals surface area contributed by atoms with Crippen molar-refractivity contribution in [2.24, 2.45) is 0 Å². The zero-order valence-corrected chi connectivity index (χ0v) is 13.5. The molecular weight excluding hydrogens is 296 g/mol. The maximum Gasteiger partial charge on any atom is 0.396 e. The van der Waals surface area contributed by atoms with Crippen LogP contribution in [0.4, 0.5) is 0 Å². The van der Waals surface area contributed by atoms with E-state index in [2.05, 4.69) is 15.0 Å². The van der Waals surface area contributed by atoms with Crippen LogP contribution in [0.15, 0.2) is 23.0 Å². The minimum Gasteiger partial charge on any atom is -0.459 e. The van der Waals surface area contributed by atoms with Gasteiger partial charge in [-0.1, -0.05) is 0 Å². The molecule has 23 heavy (non-hydrogen) atoms. The third kappa shape index (κ3) is 3.97. The fraction of sp³-hybridized carbons (Fsp3) is 0.353. The summed E-state index contributed by atoms with van der Waals surface area (Å²) in [5.74, 6) is -1.71. The Bertz CT molecular complexity index is 808. The van der Waals surface area contributed by atoms with E-state index in [1.54, 1.807) is 6.92 Å². The van der Waals surface area contributed by atoms with Crippen molar-refractivity contribution in [2.75, 3.05) is 13.2 Å². The molecule has 1 amide bonds. The molecule has 2 N–H and O–H groups in total. The van der Waals surface area contributed by atoms with Gasteiger partial charge in [0.05, 0.1) is 6.61 Å². The van der Waals surface area contributed by atoms with Crippen molar-refractivity contribution in [3.05, 3.63) is 45.2 Å². The lowest BCUT2D eigenvalue weighted by Crippen LogP contribution is -2.34. The molecule has 0 bridgehead atoms. The van der Waals surface area contributed by atoms with Gasteiger partial charge in [0.2, 0.25) is 0 Å². The number of rotatable bonds is 4. The number of esters is 1. The first-order valence-electron chi connectivity index (χ1n) is 7.50. The quantitative estimate of drug-likeness (QED) is 0.658. The van der Waals surface area contributed by atoms with Crippen LogP contribution in [-0.2, 0) is 20.7 Å². The second kappa shape index (κ2) is 7.09. The summed E-state index contributed by atoms with van der Waals surface area (Å²) >= 11 is 0. The lowest BCUT2D eigenvalue weighted by Gasteiger charge is -2.07. The number of H-pyrrole nitrogens is 1. The van der Waals surface area contributed by atoms with Crippen molar-refractivity contribution >= 4 is 22.8 Å². The highest BCUT2D eigenvalue weighted by Crippen LogP contribution is 2.17. The van der Waals surface area contributed by atoms with Crippen LogP contribution in [0, 0.1) is 13.8 Å². The molecule has 0 radical (unpaired) electrons. The van der Waals surface area contributed by atoms with E-state index in [1.807, 2.05) is 32.0 Å². The number of hydrogen-bond donors (Lipinski definition) is 2. The van der Waals surface area contributed by atoms with E-state index in [0.717, 1.165) is 22.0 Å². The summed E-state index contributed by atoms with van der Waals surface area (Å²) in [7, 11) is 0. The normalized spacial score (nSPS) is 10.6. The first-order valence-corrected chi connectivity index (χ1v) is 7.50. The van der Waals surface area contributed by atoms with E-state index in [1.165, 1.54) is 0 Å². The van der Waals surface area contributed by atoms with Crippen LogP contribution in [0.2, 0.25) is 0 Å². The van der Waals surface area contributed by atoms with E-state index in [9.17, 15) is 14.4 Å². The lowest BCUT2D eigenvalue weighted by molar-refractivity contribution is -0.154. The summed E-state index contributed by atoms with van der Waals surface area (Å²) in [6, 6.07) is 5.77.